The van der Waals surface area contributed by atoms with Gasteiger partial charge in [-0.1, -0.05) is 23.7 Å². The van der Waals surface area contributed by atoms with Crippen molar-refractivity contribution in [3.8, 4) is 5.69 Å². The predicted molar refractivity (Wildman–Crippen MR) is 113 cm³/mol. The van der Waals surface area contributed by atoms with Crippen molar-refractivity contribution in [3.63, 3.8) is 0 Å². The number of rotatable bonds is 5. The highest BCUT2D eigenvalue weighted by Gasteiger charge is 2.33. The largest absolute Gasteiger partial charge is 0.324 e. The van der Waals surface area contributed by atoms with E-state index in [9.17, 15) is 17.6 Å². The number of halogens is 2. The van der Waals surface area contributed by atoms with Gasteiger partial charge in [-0.15, -0.1) is 0 Å². The summed E-state index contributed by atoms with van der Waals surface area (Å²) in [6.07, 6.45) is 3.52. The van der Waals surface area contributed by atoms with Gasteiger partial charge < -0.3 is 5.32 Å². The highest BCUT2D eigenvalue weighted by Crippen LogP contribution is 2.28. The van der Waals surface area contributed by atoms with Crippen LogP contribution in [0.5, 0.6) is 0 Å². The summed E-state index contributed by atoms with van der Waals surface area (Å²) in [7, 11) is -3.95. The molecular weight excluding hydrogens is 445 g/mol. The van der Waals surface area contributed by atoms with E-state index in [1.165, 1.54) is 39.8 Å². The van der Waals surface area contributed by atoms with E-state index in [0.717, 1.165) is 6.07 Å². The van der Waals surface area contributed by atoms with Crippen molar-refractivity contribution in [2.24, 2.45) is 5.92 Å². The number of carbonyl (C=O) groups is 1. The zero-order chi connectivity index (χ0) is 22.0. The lowest BCUT2D eigenvalue weighted by Crippen LogP contribution is -2.41. The van der Waals surface area contributed by atoms with Gasteiger partial charge >= 0.3 is 0 Å². The van der Waals surface area contributed by atoms with E-state index in [1.54, 1.807) is 18.2 Å². The first-order valence-electron chi connectivity index (χ1n) is 9.56. The molecule has 4 rings (SSSR count). The van der Waals surface area contributed by atoms with Crippen molar-refractivity contribution in [1.82, 2.24) is 19.1 Å². The van der Waals surface area contributed by atoms with Gasteiger partial charge in [0.15, 0.2) is 0 Å². The van der Waals surface area contributed by atoms with Gasteiger partial charge in [-0.3, -0.25) is 4.79 Å². The molecule has 0 aliphatic carbocycles. The number of sulfonamides is 1. The van der Waals surface area contributed by atoms with E-state index < -0.39 is 21.8 Å². The molecule has 3 aromatic rings. The minimum absolute atomic E-state index is 0.125. The van der Waals surface area contributed by atoms with E-state index >= 15 is 0 Å². The molecule has 1 aliphatic rings. The van der Waals surface area contributed by atoms with Crippen LogP contribution in [0.3, 0.4) is 0 Å². The fraction of sp³-hybridized carbons (Fsp3) is 0.250. The molecule has 0 unspecified atom stereocenters. The van der Waals surface area contributed by atoms with Crippen LogP contribution in [0, 0.1) is 11.7 Å². The number of aromatic nitrogens is 3. The molecule has 1 saturated heterocycles. The summed E-state index contributed by atoms with van der Waals surface area (Å²) >= 11 is 6.09. The van der Waals surface area contributed by atoms with Crippen LogP contribution in [0.15, 0.2) is 60.0 Å². The molecule has 8 nitrogen and oxygen atoms in total. The van der Waals surface area contributed by atoms with Crippen molar-refractivity contribution in [2.45, 2.75) is 17.7 Å². The fourth-order valence-electron chi connectivity index (χ4n) is 3.53. The lowest BCUT2D eigenvalue weighted by molar-refractivity contribution is -0.120. The standard InChI is InChI=1S/C20H19ClFN5O3S/c21-15-5-6-18(27-13-23-12-24-27)17(11-15)25-20(28)14-7-9-26(10-8-14)31(29,30)19-4-2-1-3-16(19)22/h1-6,11-14H,7-10H2,(H,25,28). The van der Waals surface area contributed by atoms with Crippen LogP contribution in [-0.2, 0) is 14.8 Å². The van der Waals surface area contributed by atoms with Gasteiger partial charge in [0.1, 0.15) is 23.4 Å². The lowest BCUT2D eigenvalue weighted by atomic mass is 9.97. The van der Waals surface area contributed by atoms with Crippen LogP contribution in [0.25, 0.3) is 5.69 Å². The zero-order valence-corrected chi connectivity index (χ0v) is 17.9. The Balaban J connectivity index is 1.45. The summed E-state index contributed by atoms with van der Waals surface area (Å²) in [6.45, 7) is 0.250. The summed E-state index contributed by atoms with van der Waals surface area (Å²) in [6, 6.07) is 10.3. The first-order chi connectivity index (χ1) is 14.9. The number of piperidine rings is 1. The van der Waals surface area contributed by atoms with Gasteiger partial charge in [0.2, 0.25) is 15.9 Å². The normalized spacial score (nSPS) is 15.7. The minimum Gasteiger partial charge on any atom is -0.324 e. The first kappa shape index (κ1) is 21.4. The zero-order valence-electron chi connectivity index (χ0n) is 16.3. The smallest absolute Gasteiger partial charge is 0.245 e. The van der Waals surface area contributed by atoms with Crippen molar-refractivity contribution < 1.29 is 17.6 Å². The molecule has 1 aromatic heterocycles. The predicted octanol–water partition coefficient (Wildman–Crippen LogP) is 3.10. The van der Waals surface area contributed by atoms with E-state index in [2.05, 4.69) is 15.4 Å². The molecular formula is C20H19ClFN5O3S. The van der Waals surface area contributed by atoms with Crippen LogP contribution in [0.2, 0.25) is 5.02 Å². The lowest BCUT2D eigenvalue weighted by Gasteiger charge is -2.30. The maximum absolute atomic E-state index is 14.0. The van der Waals surface area contributed by atoms with E-state index in [1.807, 2.05) is 0 Å². The average Bonchev–Trinajstić information content (AvgIpc) is 3.29. The highest BCUT2D eigenvalue weighted by atomic mass is 35.5. The highest BCUT2D eigenvalue weighted by molar-refractivity contribution is 7.89. The SMILES string of the molecule is O=C(Nc1cc(Cl)ccc1-n1cncn1)C1CCN(S(=O)(=O)c2ccccc2F)CC1. The number of hydrogen-bond acceptors (Lipinski definition) is 5. The average molecular weight is 464 g/mol. The molecule has 0 bridgehead atoms. The second-order valence-electron chi connectivity index (χ2n) is 7.10. The Kier molecular flexibility index (Phi) is 6.03. The Bertz CT molecular complexity index is 1200. The summed E-state index contributed by atoms with van der Waals surface area (Å²) < 4.78 is 42.2. The second kappa shape index (κ2) is 8.74. The van der Waals surface area contributed by atoms with Crippen LogP contribution in [0.4, 0.5) is 10.1 Å². The summed E-state index contributed by atoms with van der Waals surface area (Å²) in [5, 5.41) is 7.39. The second-order valence-corrected chi connectivity index (χ2v) is 9.44. The molecule has 0 saturated carbocycles. The van der Waals surface area contributed by atoms with Crippen molar-refractivity contribution >= 4 is 33.2 Å². The number of carbonyl (C=O) groups excluding carboxylic acids is 1. The van der Waals surface area contributed by atoms with Crippen LogP contribution in [0.1, 0.15) is 12.8 Å². The molecule has 31 heavy (non-hydrogen) atoms. The van der Waals surface area contributed by atoms with Crippen LogP contribution in [-0.4, -0.2) is 46.5 Å². The summed E-state index contributed by atoms with van der Waals surface area (Å²) in [5.74, 6) is -1.43. The summed E-state index contributed by atoms with van der Waals surface area (Å²) in [5.41, 5.74) is 1.08. The number of benzene rings is 2. The van der Waals surface area contributed by atoms with Gasteiger partial charge in [-0.25, -0.2) is 22.5 Å². The van der Waals surface area contributed by atoms with E-state index in [0.29, 0.717) is 29.2 Å². The molecule has 1 amide bonds. The summed E-state index contributed by atoms with van der Waals surface area (Å²) in [4.78, 5) is 16.4. The molecule has 0 radical (unpaired) electrons. The Hall–Kier alpha value is -2.82. The number of amides is 1. The fourth-order valence-corrected chi connectivity index (χ4v) is 5.23. The number of nitrogens with one attached hydrogen (secondary N) is 1. The Labute approximate surface area is 183 Å². The van der Waals surface area contributed by atoms with Gasteiger partial charge in [-0.2, -0.15) is 9.40 Å². The van der Waals surface area contributed by atoms with Gasteiger partial charge in [0, 0.05) is 24.0 Å². The van der Waals surface area contributed by atoms with Crippen molar-refractivity contribution in [2.75, 3.05) is 18.4 Å². The topological polar surface area (TPSA) is 97.2 Å². The number of hydrogen-bond donors (Lipinski definition) is 1. The first-order valence-corrected chi connectivity index (χ1v) is 11.4. The Morgan fingerprint density at radius 1 is 1.16 bits per heavy atom. The molecule has 0 spiro atoms. The number of anilines is 1. The monoisotopic (exact) mass is 463 g/mol. The van der Waals surface area contributed by atoms with Crippen molar-refractivity contribution in [3.05, 3.63) is 66.0 Å². The molecule has 162 valence electrons. The van der Waals surface area contributed by atoms with Gasteiger partial charge in [0.25, 0.3) is 0 Å². The van der Waals surface area contributed by atoms with Crippen molar-refractivity contribution in [1.29, 1.82) is 0 Å². The molecule has 0 atom stereocenters. The molecule has 11 heteroatoms. The number of nitrogens with zero attached hydrogens (tertiary/aromatic N) is 4. The molecule has 2 aromatic carbocycles. The van der Waals surface area contributed by atoms with Crippen LogP contribution >= 0.6 is 11.6 Å². The third-order valence-corrected chi connectivity index (χ3v) is 7.33. The minimum atomic E-state index is -3.95. The Morgan fingerprint density at radius 3 is 2.58 bits per heavy atom. The quantitative estimate of drug-likeness (QED) is 0.627. The van der Waals surface area contributed by atoms with E-state index in [-0.39, 0.29) is 23.9 Å². The third-order valence-electron chi connectivity index (χ3n) is 5.16. The Morgan fingerprint density at radius 2 is 1.90 bits per heavy atom. The third kappa shape index (κ3) is 4.46. The molecule has 1 N–H and O–H groups in total. The van der Waals surface area contributed by atoms with Crippen LogP contribution < -0.4 is 5.32 Å². The maximum atomic E-state index is 14.0. The molecule has 2 heterocycles. The molecule has 1 fully saturated rings. The maximum Gasteiger partial charge on any atom is 0.245 e. The van der Waals surface area contributed by atoms with E-state index in [4.69, 9.17) is 11.6 Å². The van der Waals surface area contributed by atoms with Gasteiger partial charge in [-0.05, 0) is 43.2 Å². The van der Waals surface area contributed by atoms with Gasteiger partial charge in [0.05, 0.1) is 11.4 Å². The molecule has 1 aliphatic heterocycles.